The van der Waals surface area contributed by atoms with Gasteiger partial charge in [-0.3, -0.25) is 9.59 Å². The molecule has 0 saturated heterocycles. The second kappa shape index (κ2) is 9.95. The molecule has 0 unspecified atom stereocenters. The molecule has 0 aliphatic heterocycles. The van der Waals surface area contributed by atoms with Crippen molar-refractivity contribution in [2.45, 2.75) is 39.0 Å². The molecule has 5 aromatic rings. The van der Waals surface area contributed by atoms with Gasteiger partial charge in [-0.1, -0.05) is 55.5 Å². The van der Waals surface area contributed by atoms with E-state index in [1.807, 2.05) is 72.2 Å². The first-order chi connectivity index (χ1) is 18.2. The Morgan fingerprint density at radius 1 is 0.974 bits per heavy atom. The van der Waals surface area contributed by atoms with Crippen molar-refractivity contribution in [1.82, 2.24) is 14.3 Å². The number of rotatable bonds is 7. The number of nitrogens with one attached hydrogen (secondary N) is 2. The summed E-state index contributed by atoms with van der Waals surface area (Å²) in [6.45, 7) is 5.36. The third kappa shape index (κ3) is 4.52. The Morgan fingerprint density at radius 2 is 1.74 bits per heavy atom. The highest BCUT2D eigenvalue weighted by molar-refractivity contribution is 7.90. The number of H-pyrrole nitrogens is 1. The van der Waals surface area contributed by atoms with Crippen LogP contribution in [0.15, 0.2) is 83.8 Å². The van der Waals surface area contributed by atoms with Crippen LogP contribution < -0.4 is 10.3 Å². The minimum atomic E-state index is -3.93. The fourth-order valence-electron chi connectivity index (χ4n) is 4.81. The zero-order valence-electron chi connectivity index (χ0n) is 21.5. The predicted molar refractivity (Wildman–Crippen MR) is 152 cm³/mol. The molecule has 0 aliphatic rings. The molecular formula is C30H29N3O4S. The Labute approximate surface area is 221 Å². The normalized spacial score (nSPS) is 11.9. The van der Waals surface area contributed by atoms with Gasteiger partial charge in [0.05, 0.1) is 5.25 Å². The number of sulfonamides is 1. The molecule has 38 heavy (non-hydrogen) atoms. The van der Waals surface area contributed by atoms with Crippen LogP contribution in [0.25, 0.3) is 32.8 Å². The second-order valence-electron chi connectivity index (χ2n) is 9.59. The molecule has 0 atom stereocenters. The largest absolute Gasteiger partial charge is 0.331 e. The third-order valence-electron chi connectivity index (χ3n) is 6.90. The van der Waals surface area contributed by atoms with Gasteiger partial charge in [-0.25, -0.2) is 13.1 Å². The van der Waals surface area contributed by atoms with Gasteiger partial charge in [0.2, 0.25) is 10.0 Å². The fourth-order valence-corrected chi connectivity index (χ4v) is 5.40. The Hall–Kier alpha value is -4.17. The van der Waals surface area contributed by atoms with E-state index in [-0.39, 0.29) is 11.3 Å². The van der Waals surface area contributed by atoms with Crippen molar-refractivity contribution >= 4 is 37.6 Å². The van der Waals surface area contributed by atoms with Crippen LogP contribution in [0.4, 0.5) is 0 Å². The number of carbonyl (C=O) groups excluding carboxylic acids is 1. The Kier molecular flexibility index (Phi) is 6.67. The number of amides is 1. The van der Waals surface area contributed by atoms with E-state index in [1.54, 1.807) is 12.1 Å². The standard InChI is InChI=1S/C30H29N3O4S/c1-4-20-14-15-26-25(17-20)27(24-13-8-16-31-29(24)34)28(30(35)32-38(36,37)19(2)3)33(26)18-22-11-7-10-21-9-5-6-12-23(21)22/h5-17,19H,4,18H2,1-3H3,(H,31,34)(H,32,35). The zero-order chi connectivity index (χ0) is 27.0. The maximum atomic E-state index is 13.8. The third-order valence-corrected chi connectivity index (χ3v) is 8.61. The molecule has 0 saturated carbocycles. The van der Waals surface area contributed by atoms with Crippen molar-refractivity contribution in [2.75, 3.05) is 0 Å². The number of aromatic amines is 1. The fraction of sp³-hybridized carbons (Fsp3) is 0.200. The molecule has 2 heterocycles. The summed E-state index contributed by atoms with van der Waals surface area (Å²) in [5.74, 6) is -0.772. The molecule has 0 radical (unpaired) electrons. The van der Waals surface area contributed by atoms with Gasteiger partial charge >= 0.3 is 0 Å². The van der Waals surface area contributed by atoms with E-state index in [0.717, 1.165) is 33.8 Å². The molecule has 0 fully saturated rings. The molecule has 5 rings (SSSR count). The number of carbonyl (C=O) groups is 1. The van der Waals surface area contributed by atoms with Crippen molar-refractivity contribution in [3.05, 3.63) is 106 Å². The van der Waals surface area contributed by atoms with Crippen LogP contribution in [-0.2, 0) is 23.0 Å². The van der Waals surface area contributed by atoms with Crippen LogP contribution in [0.1, 0.15) is 42.4 Å². The van der Waals surface area contributed by atoms with Crippen LogP contribution in [0.3, 0.4) is 0 Å². The summed E-state index contributed by atoms with van der Waals surface area (Å²) in [7, 11) is -3.93. The van der Waals surface area contributed by atoms with Gasteiger partial charge in [-0.05, 0) is 66.4 Å². The predicted octanol–water partition coefficient (Wildman–Crippen LogP) is 5.23. The average Bonchev–Trinajstić information content (AvgIpc) is 3.22. The number of aromatic nitrogens is 2. The summed E-state index contributed by atoms with van der Waals surface area (Å²) >= 11 is 0. The summed E-state index contributed by atoms with van der Waals surface area (Å²) in [6.07, 6.45) is 2.29. The van der Waals surface area contributed by atoms with Crippen molar-refractivity contribution in [3.63, 3.8) is 0 Å². The van der Waals surface area contributed by atoms with Crippen molar-refractivity contribution in [2.24, 2.45) is 0 Å². The SMILES string of the molecule is CCc1ccc2c(c1)c(-c1ccc[nH]c1=O)c(C(=O)NS(=O)(=O)C(C)C)n2Cc1cccc2ccccc12. The van der Waals surface area contributed by atoms with Gasteiger partial charge in [0.1, 0.15) is 5.69 Å². The van der Waals surface area contributed by atoms with Crippen molar-refractivity contribution in [3.8, 4) is 11.1 Å². The highest BCUT2D eigenvalue weighted by atomic mass is 32.2. The van der Waals surface area contributed by atoms with Gasteiger partial charge in [0.25, 0.3) is 11.5 Å². The molecule has 2 N–H and O–H groups in total. The molecule has 7 nitrogen and oxygen atoms in total. The Morgan fingerprint density at radius 3 is 2.47 bits per heavy atom. The summed E-state index contributed by atoms with van der Waals surface area (Å²) < 4.78 is 29.6. The van der Waals surface area contributed by atoms with Crippen LogP contribution in [-0.4, -0.2) is 29.1 Å². The van der Waals surface area contributed by atoms with Crippen LogP contribution in [0.5, 0.6) is 0 Å². The van der Waals surface area contributed by atoms with E-state index >= 15 is 0 Å². The number of benzene rings is 3. The molecule has 8 heteroatoms. The van der Waals surface area contributed by atoms with Gasteiger partial charge in [0, 0.05) is 34.8 Å². The van der Waals surface area contributed by atoms with Crippen molar-refractivity contribution in [1.29, 1.82) is 0 Å². The minimum Gasteiger partial charge on any atom is -0.331 e. The summed E-state index contributed by atoms with van der Waals surface area (Å²) in [5.41, 5.74) is 3.22. The maximum Gasteiger partial charge on any atom is 0.282 e. The second-order valence-corrected chi connectivity index (χ2v) is 11.8. The lowest BCUT2D eigenvalue weighted by molar-refractivity contribution is 0.0973. The molecule has 0 aliphatic carbocycles. The first-order valence-corrected chi connectivity index (χ1v) is 14.1. The van der Waals surface area contributed by atoms with Gasteiger partial charge in [-0.15, -0.1) is 0 Å². The van der Waals surface area contributed by atoms with Gasteiger partial charge in [-0.2, -0.15) is 0 Å². The highest BCUT2D eigenvalue weighted by Gasteiger charge is 2.29. The Balaban J connectivity index is 1.85. The van der Waals surface area contributed by atoms with E-state index in [1.165, 1.54) is 20.0 Å². The Bertz CT molecular complexity index is 1840. The lowest BCUT2D eigenvalue weighted by atomic mass is 10.0. The van der Waals surface area contributed by atoms with Crippen LogP contribution >= 0.6 is 0 Å². The first-order valence-electron chi connectivity index (χ1n) is 12.6. The molecule has 0 bridgehead atoms. The number of pyridine rings is 1. The number of aryl methyl sites for hydroxylation is 1. The summed E-state index contributed by atoms with van der Waals surface area (Å²) in [6, 6.07) is 23.2. The number of hydrogen-bond acceptors (Lipinski definition) is 4. The van der Waals surface area contributed by atoms with Crippen LogP contribution in [0, 0.1) is 0 Å². The lowest BCUT2D eigenvalue weighted by Crippen LogP contribution is -2.37. The van der Waals surface area contributed by atoms with Gasteiger partial charge in [0.15, 0.2) is 0 Å². The summed E-state index contributed by atoms with van der Waals surface area (Å²) in [4.78, 5) is 29.6. The molecule has 3 aromatic carbocycles. The maximum absolute atomic E-state index is 13.8. The molecular weight excluding hydrogens is 498 g/mol. The monoisotopic (exact) mass is 527 g/mol. The van der Waals surface area contributed by atoms with E-state index in [4.69, 9.17) is 0 Å². The molecule has 194 valence electrons. The number of nitrogens with zero attached hydrogens (tertiary/aromatic N) is 1. The minimum absolute atomic E-state index is 0.127. The van der Waals surface area contributed by atoms with Crippen LogP contribution in [0.2, 0.25) is 0 Å². The first kappa shape index (κ1) is 25.5. The van der Waals surface area contributed by atoms with E-state index in [9.17, 15) is 18.0 Å². The topological polar surface area (TPSA) is 101 Å². The molecule has 2 aromatic heterocycles. The number of fused-ring (bicyclic) bond motifs is 2. The molecule has 1 amide bonds. The van der Waals surface area contributed by atoms with E-state index < -0.39 is 21.2 Å². The smallest absolute Gasteiger partial charge is 0.282 e. The quantitative estimate of drug-likeness (QED) is 0.303. The van der Waals surface area contributed by atoms with E-state index in [0.29, 0.717) is 23.1 Å². The average molecular weight is 528 g/mol. The van der Waals surface area contributed by atoms with E-state index in [2.05, 4.69) is 9.71 Å². The lowest BCUT2D eigenvalue weighted by Gasteiger charge is -2.15. The summed E-state index contributed by atoms with van der Waals surface area (Å²) in [5, 5.41) is 2.00. The number of hydrogen-bond donors (Lipinski definition) is 2. The van der Waals surface area contributed by atoms with Gasteiger partial charge < -0.3 is 9.55 Å². The van der Waals surface area contributed by atoms with Crippen molar-refractivity contribution < 1.29 is 13.2 Å². The zero-order valence-corrected chi connectivity index (χ0v) is 22.3. The molecule has 0 spiro atoms. The highest BCUT2D eigenvalue weighted by Crippen LogP contribution is 2.36.